The van der Waals surface area contributed by atoms with Gasteiger partial charge in [0.1, 0.15) is 17.8 Å². The van der Waals surface area contributed by atoms with Crippen molar-refractivity contribution in [3.8, 4) is 0 Å². The summed E-state index contributed by atoms with van der Waals surface area (Å²) in [5, 5.41) is 3.12. The van der Waals surface area contributed by atoms with Crippen LogP contribution >= 0.6 is 0 Å². The summed E-state index contributed by atoms with van der Waals surface area (Å²) in [7, 11) is 1.34. The van der Waals surface area contributed by atoms with Crippen LogP contribution in [0.5, 0.6) is 0 Å². The number of benzene rings is 1. The van der Waals surface area contributed by atoms with Crippen LogP contribution in [0.15, 0.2) is 36.7 Å². The van der Waals surface area contributed by atoms with E-state index in [9.17, 15) is 9.59 Å². The predicted octanol–water partition coefficient (Wildman–Crippen LogP) is 1.78. The first-order chi connectivity index (χ1) is 13.1. The standard InChI is InChI=1S/C19H23N5O3/c1-3-23-8-10-24(11-9-23)18(25)16-12-17(21-13-20-16)22-15-6-4-14(5-7-15)19(26)27-2/h4-7,12-13H,3,8-11H2,1-2H3,(H,20,21,22). The molecule has 1 fully saturated rings. The highest BCUT2D eigenvalue weighted by atomic mass is 16.5. The summed E-state index contributed by atoms with van der Waals surface area (Å²) in [5.74, 6) is 0.0447. The number of piperazine rings is 1. The number of hydrogen-bond donors (Lipinski definition) is 1. The molecule has 1 saturated heterocycles. The second-order valence-electron chi connectivity index (χ2n) is 6.21. The van der Waals surface area contributed by atoms with Crippen molar-refractivity contribution in [2.75, 3.05) is 45.2 Å². The Morgan fingerprint density at radius 2 is 1.81 bits per heavy atom. The number of likely N-dealkylation sites (N-methyl/N-ethyl adjacent to an activating group) is 1. The molecule has 0 atom stereocenters. The number of carbonyl (C=O) groups excluding carboxylic acids is 2. The molecule has 0 saturated carbocycles. The third kappa shape index (κ3) is 4.59. The molecule has 0 unspecified atom stereocenters. The van der Waals surface area contributed by atoms with E-state index in [1.807, 2.05) is 4.90 Å². The molecule has 1 amide bonds. The maximum absolute atomic E-state index is 12.7. The number of carbonyl (C=O) groups is 2. The van der Waals surface area contributed by atoms with Gasteiger partial charge in [0, 0.05) is 37.9 Å². The minimum atomic E-state index is -0.389. The Kier molecular flexibility index (Phi) is 5.97. The van der Waals surface area contributed by atoms with Crippen molar-refractivity contribution in [3.05, 3.63) is 47.9 Å². The topological polar surface area (TPSA) is 87.7 Å². The van der Waals surface area contributed by atoms with Gasteiger partial charge in [-0.2, -0.15) is 0 Å². The minimum absolute atomic E-state index is 0.0859. The number of anilines is 2. The highest BCUT2D eigenvalue weighted by Gasteiger charge is 2.22. The van der Waals surface area contributed by atoms with Gasteiger partial charge in [-0.1, -0.05) is 6.92 Å². The number of amides is 1. The summed E-state index contributed by atoms with van der Waals surface area (Å²) in [6.07, 6.45) is 1.38. The summed E-state index contributed by atoms with van der Waals surface area (Å²) >= 11 is 0. The summed E-state index contributed by atoms with van der Waals surface area (Å²) in [6.45, 7) is 6.29. The van der Waals surface area contributed by atoms with Crippen molar-refractivity contribution in [1.82, 2.24) is 19.8 Å². The Bertz CT molecular complexity index is 801. The van der Waals surface area contributed by atoms with Crippen LogP contribution in [-0.4, -0.2) is 71.5 Å². The molecule has 8 heteroatoms. The molecule has 1 aliphatic rings. The molecule has 2 aromatic rings. The number of esters is 1. The first kappa shape index (κ1) is 18.8. The molecule has 0 radical (unpaired) electrons. The molecule has 1 aliphatic heterocycles. The van der Waals surface area contributed by atoms with Gasteiger partial charge in [-0.3, -0.25) is 4.79 Å². The van der Waals surface area contributed by atoms with Gasteiger partial charge in [-0.05, 0) is 30.8 Å². The van der Waals surface area contributed by atoms with Crippen LogP contribution in [0.4, 0.5) is 11.5 Å². The number of nitrogens with zero attached hydrogens (tertiary/aromatic N) is 4. The van der Waals surface area contributed by atoms with Crippen LogP contribution in [0.3, 0.4) is 0 Å². The normalized spacial score (nSPS) is 14.7. The molecule has 0 bridgehead atoms. The zero-order valence-corrected chi connectivity index (χ0v) is 15.5. The van der Waals surface area contributed by atoms with Crippen LogP contribution in [0.2, 0.25) is 0 Å². The molecular formula is C19H23N5O3. The first-order valence-electron chi connectivity index (χ1n) is 8.89. The van der Waals surface area contributed by atoms with Crippen LogP contribution in [-0.2, 0) is 4.74 Å². The van der Waals surface area contributed by atoms with E-state index in [2.05, 4.69) is 31.8 Å². The number of rotatable bonds is 5. The fourth-order valence-corrected chi connectivity index (χ4v) is 2.93. The largest absolute Gasteiger partial charge is 0.465 e. The van der Waals surface area contributed by atoms with Gasteiger partial charge in [0.05, 0.1) is 12.7 Å². The lowest BCUT2D eigenvalue weighted by atomic mass is 10.2. The fourth-order valence-electron chi connectivity index (χ4n) is 2.93. The number of hydrogen-bond acceptors (Lipinski definition) is 7. The molecule has 2 heterocycles. The number of aromatic nitrogens is 2. The highest BCUT2D eigenvalue weighted by Crippen LogP contribution is 2.17. The summed E-state index contributed by atoms with van der Waals surface area (Å²) in [4.78, 5) is 36.6. The number of methoxy groups -OCH3 is 1. The average Bonchev–Trinajstić information content (AvgIpc) is 2.73. The van der Waals surface area contributed by atoms with E-state index in [0.717, 1.165) is 25.3 Å². The number of nitrogens with one attached hydrogen (secondary N) is 1. The Morgan fingerprint density at radius 1 is 1.11 bits per heavy atom. The van der Waals surface area contributed by atoms with E-state index < -0.39 is 0 Å². The van der Waals surface area contributed by atoms with E-state index in [0.29, 0.717) is 30.2 Å². The fraction of sp³-hybridized carbons (Fsp3) is 0.368. The van der Waals surface area contributed by atoms with Crippen LogP contribution in [0.25, 0.3) is 0 Å². The van der Waals surface area contributed by atoms with Gasteiger partial charge >= 0.3 is 5.97 Å². The molecule has 0 aliphatic carbocycles. The van der Waals surface area contributed by atoms with Crippen LogP contribution in [0.1, 0.15) is 27.8 Å². The third-order valence-corrected chi connectivity index (χ3v) is 4.57. The summed E-state index contributed by atoms with van der Waals surface area (Å²) < 4.78 is 4.68. The molecule has 1 aromatic carbocycles. The molecule has 27 heavy (non-hydrogen) atoms. The average molecular weight is 369 g/mol. The van der Waals surface area contributed by atoms with E-state index in [4.69, 9.17) is 0 Å². The second-order valence-corrected chi connectivity index (χ2v) is 6.21. The van der Waals surface area contributed by atoms with E-state index in [1.165, 1.54) is 13.4 Å². The van der Waals surface area contributed by atoms with Crippen LogP contribution < -0.4 is 5.32 Å². The SMILES string of the molecule is CCN1CCN(C(=O)c2cc(Nc3ccc(C(=O)OC)cc3)ncn2)CC1. The Balaban J connectivity index is 1.66. The summed E-state index contributed by atoms with van der Waals surface area (Å²) in [5.41, 5.74) is 1.58. The predicted molar refractivity (Wildman–Crippen MR) is 101 cm³/mol. The van der Waals surface area contributed by atoms with Gasteiger partial charge in [0.2, 0.25) is 0 Å². The second kappa shape index (κ2) is 8.59. The Hall–Kier alpha value is -3.00. The zero-order valence-electron chi connectivity index (χ0n) is 15.5. The van der Waals surface area contributed by atoms with Crippen molar-refractivity contribution in [1.29, 1.82) is 0 Å². The smallest absolute Gasteiger partial charge is 0.337 e. The highest BCUT2D eigenvalue weighted by molar-refractivity contribution is 5.93. The lowest BCUT2D eigenvalue weighted by Gasteiger charge is -2.33. The van der Waals surface area contributed by atoms with E-state index in [-0.39, 0.29) is 11.9 Å². The summed E-state index contributed by atoms with van der Waals surface area (Å²) in [6, 6.07) is 8.46. The lowest BCUT2D eigenvalue weighted by molar-refractivity contribution is 0.0599. The molecule has 142 valence electrons. The van der Waals surface area contributed by atoms with Crippen molar-refractivity contribution in [2.45, 2.75) is 6.92 Å². The van der Waals surface area contributed by atoms with Gasteiger partial charge in [-0.15, -0.1) is 0 Å². The third-order valence-electron chi connectivity index (χ3n) is 4.57. The maximum atomic E-state index is 12.7. The molecule has 1 N–H and O–H groups in total. The van der Waals surface area contributed by atoms with Crippen molar-refractivity contribution in [3.63, 3.8) is 0 Å². The lowest BCUT2D eigenvalue weighted by Crippen LogP contribution is -2.48. The molecule has 8 nitrogen and oxygen atoms in total. The van der Waals surface area contributed by atoms with Gasteiger partial charge < -0.3 is 19.9 Å². The van der Waals surface area contributed by atoms with Crippen LogP contribution in [0, 0.1) is 0 Å². The Labute approximate surface area is 158 Å². The number of ether oxygens (including phenoxy) is 1. The van der Waals surface area contributed by atoms with Crippen molar-refractivity contribution in [2.24, 2.45) is 0 Å². The molecular weight excluding hydrogens is 346 g/mol. The monoisotopic (exact) mass is 369 g/mol. The van der Waals surface area contributed by atoms with Gasteiger partial charge in [-0.25, -0.2) is 14.8 Å². The van der Waals surface area contributed by atoms with Gasteiger partial charge in [0.15, 0.2) is 0 Å². The molecule has 1 aromatic heterocycles. The Morgan fingerprint density at radius 3 is 2.44 bits per heavy atom. The minimum Gasteiger partial charge on any atom is -0.465 e. The first-order valence-corrected chi connectivity index (χ1v) is 8.89. The van der Waals surface area contributed by atoms with E-state index >= 15 is 0 Å². The van der Waals surface area contributed by atoms with Gasteiger partial charge in [0.25, 0.3) is 5.91 Å². The van der Waals surface area contributed by atoms with Crippen molar-refractivity contribution < 1.29 is 14.3 Å². The molecule has 3 rings (SSSR count). The quantitative estimate of drug-likeness (QED) is 0.804. The zero-order chi connectivity index (χ0) is 19.2. The van der Waals surface area contributed by atoms with Crippen molar-refractivity contribution >= 4 is 23.4 Å². The molecule has 0 spiro atoms. The van der Waals surface area contributed by atoms with E-state index in [1.54, 1.807) is 30.3 Å². The maximum Gasteiger partial charge on any atom is 0.337 e.